The summed E-state index contributed by atoms with van der Waals surface area (Å²) in [6.45, 7) is 1.20. The van der Waals surface area contributed by atoms with Gasteiger partial charge in [-0.15, -0.1) is 0 Å². The van der Waals surface area contributed by atoms with E-state index in [0.29, 0.717) is 18.8 Å². The molecule has 1 fully saturated rings. The van der Waals surface area contributed by atoms with E-state index in [4.69, 9.17) is 11.6 Å². The summed E-state index contributed by atoms with van der Waals surface area (Å²) in [6.07, 6.45) is 4.83. The van der Waals surface area contributed by atoms with E-state index in [9.17, 15) is 9.18 Å². The number of anilines is 1. The highest BCUT2D eigenvalue weighted by atomic mass is 35.5. The average Bonchev–Trinajstić information content (AvgIpc) is 2.94. The lowest BCUT2D eigenvalue weighted by Gasteiger charge is -2.34. The molecule has 1 unspecified atom stereocenters. The molecule has 1 aliphatic heterocycles. The Bertz CT molecular complexity index is 720. The molecule has 2 aromatic heterocycles. The van der Waals surface area contributed by atoms with E-state index in [2.05, 4.69) is 15.4 Å². The van der Waals surface area contributed by atoms with Crippen LogP contribution < -0.4 is 10.2 Å². The second kappa shape index (κ2) is 6.54. The second-order valence-corrected chi connectivity index (χ2v) is 6.03. The number of piperidine rings is 1. The predicted octanol–water partition coefficient (Wildman–Crippen LogP) is 2.01. The molecule has 2 aromatic rings. The standard InChI is InChI=1S/C15H17ClFN5O/c1-21-6-4-13(20-21)15(23)19-11-3-2-5-22(9-11)14-12(17)7-10(16)8-18-14/h4,6-8,11H,2-3,5,9H2,1H3,(H,19,23). The lowest BCUT2D eigenvalue weighted by molar-refractivity contribution is 0.0927. The molecule has 23 heavy (non-hydrogen) atoms. The Hall–Kier alpha value is -2.15. The van der Waals surface area contributed by atoms with Gasteiger partial charge in [0.05, 0.1) is 5.02 Å². The summed E-state index contributed by atoms with van der Waals surface area (Å²) in [6, 6.07) is 2.84. The molecule has 1 aliphatic rings. The third kappa shape index (κ3) is 3.61. The van der Waals surface area contributed by atoms with Crippen LogP contribution in [0.1, 0.15) is 23.3 Å². The minimum absolute atomic E-state index is 0.0739. The molecule has 3 rings (SSSR count). The zero-order valence-electron chi connectivity index (χ0n) is 12.7. The van der Waals surface area contributed by atoms with Crippen LogP contribution in [0.15, 0.2) is 24.5 Å². The normalized spacial score (nSPS) is 18.0. The third-order valence-electron chi connectivity index (χ3n) is 3.79. The zero-order valence-corrected chi connectivity index (χ0v) is 13.4. The molecule has 1 atom stereocenters. The first-order valence-corrected chi connectivity index (χ1v) is 7.77. The number of pyridine rings is 1. The fourth-order valence-electron chi connectivity index (χ4n) is 2.72. The molecule has 0 bridgehead atoms. The molecule has 0 aromatic carbocycles. The van der Waals surface area contributed by atoms with Crippen molar-refractivity contribution in [3.05, 3.63) is 41.1 Å². The van der Waals surface area contributed by atoms with Crippen molar-refractivity contribution < 1.29 is 9.18 Å². The number of halogens is 2. The lowest BCUT2D eigenvalue weighted by atomic mass is 10.1. The van der Waals surface area contributed by atoms with Crippen LogP contribution in [0.2, 0.25) is 5.02 Å². The Balaban J connectivity index is 1.67. The summed E-state index contributed by atoms with van der Waals surface area (Å²) >= 11 is 5.74. The van der Waals surface area contributed by atoms with Crippen LogP contribution in [0.5, 0.6) is 0 Å². The number of rotatable bonds is 3. The van der Waals surface area contributed by atoms with Gasteiger partial charge in [0.25, 0.3) is 5.91 Å². The Morgan fingerprint density at radius 1 is 1.52 bits per heavy atom. The molecule has 0 spiro atoms. The van der Waals surface area contributed by atoms with Gasteiger partial charge in [0, 0.05) is 38.6 Å². The van der Waals surface area contributed by atoms with E-state index >= 15 is 0 Å². The summed E-state index contributed by atoms with van der Waals surface area (Å²) in [4.78, 5) is 18.1. The van der Waals surface area contributed by atoms with E-state index in [0.717, 1.165) is 12.8 Å². The smallest absolute Gasteiger partial charge is 0.272 e. The summed E-state index contributed by atoms with van der Waals surface area (Å²) < 4.78 is 15.6. The van der Waals surface area contributed by atoms with Crippen molar-refractivity contribution in [1.82, 2.24) is 20.1 Å². The van der Waals surface area contributed by atoms with Gasteiger partial charge < -0.3 is 10.2 Å². The maximum absolute atomic E-state index is 14.0. The van der Waals surface area contributed by atoms with Crippen molar-refractivity contribution in [3.63, 3.8) is 0 Å². The fraction of sp³-hybridized carbons (Fsp3) is 0.400. The Morgan fingerprint density at radius 3 is 3.04 bits per heavy atom. The lowest BCUT2D eigenvalue weighted by Crippen LogP contribution is -2.48. The number of aromatic nitrogens is 3. The largest absolute Gasteiger partial charge is 0.352 e. The molecule has 1 amide bonds. The average molecular weight is 338 g/mol. The summed E-state index contributed by atoms with van der Waals surface area (Å²) in [5, 5.41) is 7.29. The molecular formula is C15H17ClFN5O. The molecule has 0 saturated carbocycles. The first kappa shape index (κ1) is 15.7. The molecule has 0 radical (unpaired) electrons. The highest BCUT2D eigenvalue weighted by molar-refractivity contribution is 6.30. The molecule has 6 nitrogen and oxygen atoms in total. The van der Waals surface area contributed by atoms with Crippen LogP contribution in [0.3, 0.4) is 0 Å². The van der Waals surface area contributed by atoms with Crippen molar-refractivity contribution >= 4 is 23.3 Å². The van der Waals surface area contributed by atoms with Crippen LogP contribution in [0, 0.1) is 5.82 Å². The van der Waals surface area contributed by atoms with Gasteiger partial charge in [0.1, 0.15) is 5.69 Å². The van der Waals surface area contributed by atoms with Gasteiger partial charge in [0.15, 0.2) is 11.6 Å². The fourth-order valence-corrected chi connectivity index (χ4v) is 2.87. The second-order valence-electron chi connectivity index (χ2n) is 5.59. The van der Waals surface area contributed by atoms with E-state index in [1.165, 1.54) is 12.3 Å². The van der Waals surface area contributed by atoms with Gasteiger partial charge in [-0.1, -0.05) is 11.6 Å². The van der Waals surface area contributed by atoms with Crippen LogP contribution in [0.4, 0.5) is 10.2 Å². The van der Waals surface area contributed by atoms with Crippen molar-refractivity contribution in [3.8, 4) is 0 Å². The zero-order chi connectivity index (χ0) is 16.4. The maximum Gasteiger partial charge on any atom is 0.272 e. The number of amides is 1. The quantitative estimate of drug-likeness (QED) is 0.930. The summed E-state index contributed by atoms with van der Waals surface area (Å²) in [7, 11) is 1.76. The molecular weight excluding hydrogens is 321 g/mol. The van der Waals surface area contributed by atoms with E-state index in [-0.39, 0.29) is 22.8 Å². The van der Waals surface area contributed by atoms with Gasteiger partial charge in [-0.25, -0.2) is 9.37 Å². The van der Waals surface area contributed by atoms with Crippen molar-refractivity contribution in [2.45, 2.75) is 18.9 Å². The Kier molecular flexibility index (Phi) is 4.47. The van der Waals surface area contributed by atoms with Crippen LogP contribution in [-0.2, 0) is 7.05 Å². The first-order chi connectivity index (χ1) is 11.0. The predicted molar refractivity (Wildman–Crippen MR) is 85.1 cm³/mol. The number of nitrogens with one attached hydrogen (secondary N) is 1. The Labute approximate surface area is 138 Å². The number of carbonyl (C=O) groups is 1. The van der Waals surface area contributed by atoms with Gasteiger partial charge in [0.2, 0.25) is 0 Å². The van der Waals surface area contributed by atoms with E-state index in [1.54, 1.807) is 24.0 Å². The first-order valence-electron chi connectivity index (χ1n) is 7.39. The van der Waals surface area contributed by atoms with E-state index in [1.807, 2.05) is 4.90 Å². The highest BCUT2D eigenvalue weighted by Gasteiger charge is 2.25. The minimum Gasteiger partial charge on any atom is -0.352 e. The van der Waals surface area contributed by atoms with Crippen molar-refractivity contribution in [1.29, 1.82) is 0 Å². The monoisotopic (exact) mass is 337 g/mol. The van der Waals surface area contributed by atoms with Crippen LogP contribution >= 0.6 is 11.6 Å². The van der Waals surface area contributed by atoms with Crippen molar-refractivity contribution in [2.24, 2.45) is 7.05 Å². The number of hydrogen-bond donors (Lipinski definition) is 1. The highest BCUT2D eigenvalue weighted by Crippen LogP contribution is 2.23. The van der Waals surface area contributed by atoms with Crippen LogP contribution in [-0.4, -0.2) is 39.8 Å². The van der Waals surface area contributed by atoms with E-state index < -0.39 is 5.82 Å². The topological polar surface area (TPSA) is 63.1 Å². The summed E-state index contributed by atoms with van der Waals surface area (Å²) in [5.41, 5.74) is 0.375. The van der Waals surface area contributed by atoms with Crippen LogP contribution in [0.25, 0.3) is 0 Å². The SMILES string of the molecule is Cn1ccc(C(=O)NC2CCCN(c3ncc(Cl)cc3F)C2)n1. The summed E-state index contributed by atoms with van der Waals surface area (Å²) in [5.74, 6) is -0.401. The van der Waals surface area contributed by atoms with Gasteiger partial charge in [-0.2, -0.15) is 5.10 Å². The molecule has 3 heterocycles. The molecule has 1 saturated heterocycles. The number of aryl methyl sites for hydroxylation is 1. The molecule has 1 N–H and O–H groups in total. The molecule has 122 valence electrons. The van der Waals surface area contributed by atoms with Crippen molar-refractivity contribution in [2.75, 3.05) is 18.0 Å². The third-order valence-corrected chi connectivity index (χ3v) is 4.00. The Morgan fingerprint density at radius 2 is 2.35 bits per heavy atom. The molecule has 0 aliphatic carbocycles. The van der Waals surface area contributed by atoms with Gasteiger partial charge >= 0.3 is 0 Å². The molecule has 8 heteroatoms. The number of nitrogens with zero attached hydrogens (tertiary/aromatic N) is 4. The van der Waals surface area contributed by atoms with Gasteiger partial charge in [-0.3, -0.25) is 9.48 Å². The minimum atomic E-state index is -0.450. The number of carbonyl (C=O) groups excluding carboxylic acids is 1. The maximum atomic E-state index is 14.0. The number of hydrogen-bond acceptors (Lipinski definition) is 4. The van der Waals surface area contributed by atoms with Gasteiger partial charge in [-0.05, 0) is 25.0 Å².